The summed E-state index contributed by atoms with van der Waals surface area (Å²) in [4.78, 5) is 14.7. The molecule has 40 heavy (non-hydrogen) atoms. The van der Waals surface area contributed by atoms with Crippen LogP contribution in [0.4, 0.5) is 20.7 Å². The summed E-state index contributed by atoms with van der Waals surface area (Å²) >= 11 is 0. The van der Waals surface area contributed by atoms with E-state index in [-0.39, 0.29) is 5.41 Å². The van der Waals surface area contributed by atoms with Crippen molar-refractivity contribution in [3.63, 3.8) is 0 Å². The van der Waals surface area contributed by atoms with Crippen LogP contribution in [-0.2, 0) is 16.8 Å². The van der Waals surface area contributed by atoms with Gasteiger partial charge in [-0.25, -0.2) is 9.18 Å². The van der Waals surface area contributed by atoms with Crippen LogP contribution in [0.25, 0.3) is 0 Å². The number of halogens is 1. The number of hydrogen-bond acceptors (Lipinski definition) is 6. The highest BCUT2D eigenvalue weighted by Crippen LogP contribution is 2.37. The number of anilines is 2. The smallest absolute Gasteiger partial charge is 0.324 e. The van der Waals surface area contributed by atoms with Gasteiger partial charge >= 0.3 is 6.03 Å². The molecule has 0 aliphatic carbocycles. The van der Waals surface area contributed by atoms with Gasteiger partial charge in [0.1, 0.15) is 18.2 Å². The Morgan fingerprint density at radius 2 is 1.80 bits per heavy atom. The number of likely N-dealkylation sites (tertiary alicyclic amines) is 1. The number of benzene rings is 2. The average molecular weight is 547 g/mol. The Bertz CT molecular complexity index is 1390. The monoisotopic (exact) mass is 546 g/mol. The molecule has 2 aliphatic rings. The standard InChI is InChI=1S/C31H35FN4O4/c1-30(2,3)27-16-28(35-40-27)34-29(37)33-25-10-7-22(8-11-25)5-6-23-9-12-26(24(15-23)17-32)39-14-4-13-36-18-31(19-36)20-38-21-31/h7-12,15-16H,4,13-14,17-21H2,1-3H3,(H2,33,34,35,37). The van der Waals surface area contributed by atoms with Gasteiger partial charge in [0.05, 0.1) is 19.8 Å². The number of hydrogen-bond donors (Lipinski definition) is 2. The summed E-state index contributed by atoms with van der Waals surface area (Å²) in [5.74, 6) is 7.76. The summed E-state index contributed by atoms with van der Waals surface area (Å²) in [5.41, 5.74) is 2.79. The Morgan fingerprint density at radius 1 is 1.07 bits per heavy atom. The van der Waals surface area contributed by atoms with Gasteiger partial charge in [-0.15, -0.1) is 0 Å². The first-order valence-electron chi connectivity index (χ1n) is 13.5. The molecule has 2 saturated heterocycles. The number of aromatic nitrogens is 1. The summed E-state index contributed by atoms with van der Waals surface area (Å²) < 4.78 is 30.2. The van der Waals surface area contributed by atoms with Crippen molar-refractivity contribution < 1.29 is 23.2 Å². The summed E-state index contributed by atoms with van der Waals surface area (Å²) in [5, 5.41) is 9.31. The van der Waals surface area contributed by atoms with Crippen LogP contribution in [0.1, 0.15) is 49.6 Å². The molecule has 9 heteroatoms. The van der Waals surface area contributed by atoms with E-state index in [2.05, 4.69) is 32.5 Å². The quantitative estimate of drug-likeness (QED) is 0.283. The molecule has 210 valence electrons. The molecule has 2 amide bonds. The van der Waals surface area contributed by atoms with Gasteiger partial charge in [-0.1, -0.05) is 37.8 Å². The van der Waals surface area contributed by atoms with Gasteiger partial charge in [-0.2, -0.15) is 0 Å². The number of nitrogens with one attached hydrogen (secondary N) is 2. The van der Waals surface area contributed by atoms with Crippen LogP contribution in [0.15, 0.2) is 53.1 Å². The first-order chi connectivity index (χ1) is 19.2. The maximum Gasteiger partial charge on any atom is 0.324 e. The van der Waals surface area contributed by atoms with Crippen molar-refractivity contribution in [2.75, 3.05) is 50.1 Å². The van der Waals surface area contributed by atoms with Gasteiger partial charge in [0.25, 0.3) is 0 Å². The molecule has 8 nitrogen and oxygen atoms in total. The second-order valence-electron chi connectivity index (χ2n) is 11.6. The third-order valence-electron chi connectivity index (χ3n) is 7.00. The van der Waals surface area contributed by atoms with Gasteiger partial charge in [0, 0.05) is 58.9 Å². The van der Waals surface area contributed by atoms with E-state index in [0.717, 1.165) is 44.8 Å². The minimum atomic E-state index is -0.617. The highest BCUT2D eigenvalue weighted by atomic mass is 19.1. The molecule has 1 aromatic heterocycles. The van der Waals surface area contributed by atoms with Crippen molar-refractivity contribution in [3.05, 3.63) is 71.0 Å². The summed E-state index contributed by atoms with van der Waals surface area (Å²) in [6.45, 7) is 10.9. The Kier molecular flexibility index (Phi) is 8.10. The van der Waals surface area contributed by atoms with Gasteiger partial charge in [-0.3, -0.25) is 5.32 Å². The number of carbonyl (C=O) groups excluding carboxylic acids is 1. The molecule has 0 radical (unpaired) electrons. The maximum absolute atomic E-state index is 13.7. The van der Waals surface area contributed by atoms with Gasteiger partial charge in [0.15, 0.2) is 5.82 Å². The lowest BCUT2D eigenvalue weighted by Gasteiger charge is -2.55. The highest BCUT2D eigenvalue weighted by Gasteiger charge is 2.48. The van der Waals surface area contributed by atoms with Gasteiger partial charge in [-0.05, 0) is 48.9 Å². The summed E-state index contributed by atoms with van der Waals surface area (Å²) in [6.07, 6.45) is 0.898. The third kappa shape index (κ3) is 6.82. The predicted molar refractivity (Wildman–Crippen MR) is 151 cm³/mol. The van der Waals surface area contributed by atoms with Crippen molar-refractivity contribution in [3.8, 4) is 17.6 Å². The number of carbonyl (C=O) groups is 1. The first kappa shape index (κ1) is 27.7. The molecule has 2 N–H and O–H groups in total. The number of alkyl halides is 1. The van der Waals surface area contributed by atoms with Crippen molar-refractivity contribution >= 4 is 17.5 Å². The lowest BCUT2D eigenvalue weighted by atomic mass is 9.78. The Hall–Kier alpha value is -3.87. The highest BCUT2D eigenvalue weighted by molar-refractivity contribution is 5.99. The zero-order chi connectivity index (χ0) is 28.2. The number of rotatable bonds is 8. The Labute approximate surface area is 234 Å². The van der Waals surface area contributed by atoms with Gasteiger partial charge < -0.3 is 24.2 Å². The second kappa shape index (κ2) is 11.7. The van der Waals surface area contributed by atoms with Crippen LogP contribution in [0.5, 0.6) is 5.75 Å². The molecule has 5 rings (SSSR count). The van der Waals surface area contributed by atoms with Gasteiger partial charge in [0.2, 0.25) is 0 Å². The van der Waals surface area contributed by atoms with Crippen molar-refractivity contribution in [2.24, 2.45) is 5.41 Å². The van der Waals surface area contributed by atoms with E-state index in [0.29, 0.717) is 46.2 Å². The van der Waals surface area contributed by atoms with E-state index < -0.39 is 12.7 Å². The van der Waals surface area contributed by atoms with E-state index in [1.165, 1.54) is 0 Å². The number of amides is 2. The molecule has 1 spiro atoms. The van der Waals surface area contributed by atoms with Crippen molar-refractivity contribution in [2.45, 2.75) is 39.3 Å². The minimum Gasteiger partial charge on any atom is -0.493 e. The molecule has 0 unspecified atom stereocenters. The van der Waals surface area contributed by atoms with Crippen LogP contribution in [0.2, 0.25) is 0 Å². The largest absolute Gasteiger partial charge is 0.493 e. The lowest BCUT2D eigenvalue weighted by Crippen LogP contribution is -2.65. The zero-order valence-corrected chi connectivity index (χ0v) is 23.2. The number of nitrogens with zero attached hydrogens (tertiary/aromatic N) is 2. The maximum atomic E-state index is 13.7. The molecule has 0 saturated carbocycles. The van der Waals surface area contributed by atoms with E-state index in [9.17, 15) is 9.18 Å². The molecule has 3 aromatic rings. The number of urea groups is 1. The van der Waals surface area contributed by atoms with E-state index in [4.69, 9.17) is 14.0 Å². The van der Waals surface area contributed by atoms with E-state index in [1.807, 2.05) is 39.0 Å². The van der Waals surface area contributed by atoms with Crippen molar-refractivity contribution in [1.82, 2.24) is 10.1 Å². The molecule has 3 heterocycles. The summed E-state index contributed by atoms with van der Waals surface area (Å²) in [7, 11) is 0. The fourth-order valence-corrected chi connectivity index (χ4v) is 4.75. The normalized spacial score (nSPS) is 15.9. The summed E-state index contributed by atoms with van der Waals surface area (Å²) in [6, 6.07) is 13.8. The predicted octanol–water partition coefficient (Wildman–Crippen LogP) is 5.59. The topological polar surface area (TPSA) is 88.9 Å². The Balaban J connectivity index is 1.09. The second-order valence-corrected chi connectivity index (χ2v) is 11.6. The SMILES string of the molecule is CC(C)(C)c1cc(NC(=O)Nc2ccc(C#Cc3ccc(OCCCN4CC5(COC5)C4)c(CF)c3)cc2)no1. The van der Waals surface area contributed by atoms with Crippen LogP contribution in [0, 0.1) is 17.3 Å². The molecule has 2 aromatic carbocycles. The molecule has 0 bridgehead atoms. The van der Waals surface area contributed by atoms with E-state index in [1.54, 1.807) is 30.3 Å². The lowest BCUT2D eigenvalue weighted by molar-refractivity contribution is -0.189. The molecule has 2 aliphatic heterocycles. The van der Waals surface area contributed by atoms with Crippen LogP contribution < -0.4 is 15.4 Å². The first-order valence-corrected chi connectivity index (χ1v) is 13.5. The van der Waals surface area contributed by atoms with Crippen LogP contribution in [0.3, 0.4) is 0 Å². The van der Waals surface area contributed by atoms with Crippen LogP contribution in [-0.4, -0.2) is 55.5 Å². The zero-order valence-electron chi connectivity index (χ0n) is 23.2. The number of ether oxygens (including phenoxy) is 2. The molecule has 2 fully saturated rings. The third-order valence-corrected chi connectivity index (χ3v) is 7.00. The molecule has 0 atom stereocenters. The Morgan fingerprint density at radius 3 is 2.45 bits per heavy atom. The fraction of sp³-hybridized carbons (Fsp3) is 0.419. The minimum absolute atomic E-state index is 0.201. The van der Waals surface area contributed by atoms with Crippen molar-refractivity contribution in [1.29, 1.82) is 0 Å². The van der Waals surface area contributed by atoms with Crippen LogP contribution >= 0.6 is 0 Å². The fourth-order valence-electron chi connectivity index (χ4n) is 4.75. The molecular weight excluding hydrogens is 511 g/mol. The average Bonchev–Trinajstić information content (AvgIpc) is 3.35. The van der Waals surface area contributed by atoms with E-state index >= 15 is 0 Å². The molecular formula is C31H35FN4O4.